The van der Waals surface area contributed by atoms with Crippen LogP contribution in [0.4, 0.5) is 17.1 Å². The monoisotopic (exact) mass is 349 g/mol. The molecular weight excluding hydrogens is 322 g/mol. The van der Waals surface area contributed by atoms with Gasteiger partial charge in [0.25, 0.3) is 5.69 Å². The van der Waals surface area contributed by atoms with Crippen LogP contribution in [0, 0.1) is 10.1 Å². The Hall–Kier alpha value is -1.90. The van der Waals surface area contributed by atoms with E-state index in [1.165, 1.54) is 0 Å². The van der Waals surface area contributed by atoms with Crippen LogP contribution in [-0.4, -0.2) is 92.4 Å². The van der Waals surface area contributed by atoms with E-state index in [2.05, 4.69) is 26.6 Å². The number of likely N-dealkylation sites (N-methyl/N-ethyl adjacent to an activating group) is 1. The van der Waals surface area contributed by atoms with Crippen LogP contribution < -0.4 is 9.80 Å². The number of aliphatic hydroxyl groups excluding tert-OH is 1. The summed E-state index contributed by atoms with van der Waals surface area (Å²) in [4.78, 5) is 20.1. The van der Waals surface area contributed by atoms with Gasteiger partial charge >= 0.3 is 0 Å². The molecule has 2 aliphatic rings. The second kappa shape index (κ2) is 7.99. The van der Waals surface area contributed by atoms with Gasteiger partial charge in [-0.3, -0.25) is 15.0 Å². The largest absolute Gasteiger partial charge is 0.395 e. The normalized spacial score (nSPS) is 20.1. The first-order chi connectivity index (χ1) is 12.1. The van der Waals surface area contributed by atoms with Crippen molar-refractivity contribution < 1.29 is 10.0 Å². The van der Waals surface area contributed by atoms with Crippen molar-refractivity contribution in [2.45, 2.75) is 0 Å². The number of piperazine rings is 2. The van der Waals surface area contributed by atoms with Crippen LogP contribution in [0.3, 0.4) is 0 Å². The van der Waals surface area contributed by atoms with E-state index in [0.29, 0.717) is 6.54 Å². The predicted molar refractivity (Wildman–Crippen MR) is 98.5 cm³/mol. The highest BCUT2D eigenvalue weighted by molar-refractivity contribution is 5.70. The number of anilines is 2. The van der Waals surface area contributed by atoms with E-state index >= 15 is 0 Å². The van der Waals surface area contributed by atoms with E-state index < -0.39 is 0 Å². The van der Waals surface area contributed by atoms with Crippen molar-refractivity contribution in [2.75, 3.05) is 82.4 Å². The average molecular weight is 349 g/mol. The molecule has 0 aliphatic carbocycles. The van der Waals surface area contributed by atoms with Crippen LogP contribution in [0.25, 0.3) is 0 Å². The number of nitrogens with zero attached hydrogens (tertiary/aromatic N) is 5. The first-order valence-corrected chi connectivity index (χ1v) is 8.88. The van der Waals surface area contributed by atoms with Crippen molar-refractivity contribution in [1.29, 1.82) is 0 Å². The minimum atomic E-state index is -0.281. The lowest BCUT2D eigenvalue weighted by molar-refractivity contribution is -0.384. The van der Waals surface area contributed by atoms with Gasteiger partial charge in [0.2, 0.25) is 0 Å². The van der Waals surface area contributed by atoms with E-state index in [9.17, 15) is 10.1 Å². The highest BCUT2D eigenvalue weighted by Crippen LogP contribution is 2.33. The molecule has 25 heavy (non-hydrogen) atoms. The van der Waals surface area contributed by atoms with Gasteiger partial charge in [-0.1, -0.05) is 0 Å². The third-order valence-corrected chi connectivity index (χ3v) is 5.15. The summed E-state index contributed by atoms with van der Waals surface area (Å²) in [5, 5.41) is 20.5. The van der Waals surface area contributed by atoms with Crippen molar-refractivity contribution >= 4 is 17.1 Å². The highest BCUT2D eigenvalue weighted by Gasteiger charge is 2.25. The van der Waals surface area contributed by atoms with Gasteiger partial charge in [-0.2, -0.15) is 0 Å². The van der Waals surface area contributed by atoms with Gasteiger partial charge in [0.15, 0.2) is 0 Å². The second-order valence-corrected chi connectivity index (χ2v) is 6.77. The van der Waals surface area contributed by atoms with Crippen molar-refractivity contribution in [2.24, 2.45) is 0 Å². The number of nitro groups is 1. The molecule has 0 saturated carbocycles. The van der Waals surface area contributed by atoms with Crippen LogP contribution in [-0.2, 0) is 0 Å². The minimum Gasteiger partial charge on any atom is -0.395 e. The predicted octanol–water partition coefficient (Wildman–Crippen LogP) is 0.461. The molecule has 2 aliphatic heterocycles. The Labute approximate surface area is 148 Å². The van der Waals surface area contributed by atoms with Crippen molar-refractivity contribution in [1.82, 2.24) is 9.80 Å². The molecule has 8 nitrogen and oxygen atoms in total. The SMILES string of the molecule is CN1CCN(c2cc(N3CCN(CCO)CC3)ccc2[N+](=O)[O-])CC1. The van der Waals surface area contributed by atoms with Gasteiger partial charge in [-0.25, -0.2) is 0 Å². The lowest BCUT2D eigenvalue weighted by Crippen LogP contribution is -2.47. The number of benzene rings is 1. The molecule has 0 aromatic heterocycles. The molecule has 0 unspecified atom stereocenters. The molecule has 1 N–H and O–H groups in total. The number of β-amino-alcohol motifs (C(OH)–C–C–N with tert-alkyl or cyclic N) is 1. The summed E-state index contributed by atoms with van der Waals surface area (Å²) in [6.07, 6.45) is 0. The molecule has 0 radical (unpaired) electrons. The second-order valence-electron chi connectivity index (χ2n) is 6.77. The average Bonchev–Trinajstić information content (AvgIpc) is 2.63. The molecule has 2 fully saturated rings. The van der Waals surface area contributed by atoms with Crippen LogP contribution in [0.2, 0.25) is 0 Å². The molecule has 8 heteroatoms. The summed E-state index contributed by atoms with van der Waals surface area (Å²) in [5.74, 6) is 0. The van der Waals surface area contributed by atoms with Gasteiger partial charge < -0.3 is 19.8 Å². The Bertz CT molecular complexity index is 596. The topological polar surface area (TPSA) is 76.3 Å². The van der Waals surface area contributed by atoms with E-state index in [1.54, 1.807) is 6.07 Å². The Balaban J connectivity index is 1.77. The summed E-state index contributed by atoms with van der Waals surface area (Å²) in [7, 11) is 2.08. The third kappa shape index (κ3) is 4.20. The standard InChI is InChI=1S/C17H27N5O3/c1-18-4-8-21(9-5-18)17-14-15(2-3-16(17)22(24)25)20-10-6-19(7-11-20)12-13-23/h2-3,14,23H,4-13H2,1H3. The zero-order chi connectivity index (χ0) is 17.8. The Morgan fingerprint density at radius 3 is 2.28 bits per heavy atom. The van der Waals surface area contributed by atoms with Gasteiger partial charge in [0.05, 0.1) is 11.5 Å². The molecule has 0 atom stereocenters. The summed E-state index contributed by atoms with van der Waals surface area (Å²) in [6.45, 7) is 7.91. The number of aliphatic hydroxyl groups is 1. The maximum absolute atomic E-state index is 11.5. The maximum Gasteiger partial charge on any atom is 0.292 e. The zero-order valence-corrected chi connectivity index (χ0v) is 14.8. The van der Waals surface area contributed by atoms with Gasteiger partial charge in [-0.15, -0.1) is 0 Å². The van der Waals surface area contributed by atoms with Gasteiger partial charge in [0.1, 0.15) is 5.69 Å². The van der Waals surface area contributed by atoms with Crippen LogP contribution >= 0.6 is 0 Å². The van der Waals surface area contributed by atoms with Crippen molar-refractivity contribution in [3.8, 4) is 0 Å². The molecule has 0 amide bonds. The summed E-state index contributed by atoms with van der Waals surface area (Å²) in [6, 6.07) is 5.48. The van der Waals surface area contributed by atoms with E-state index in [4.69, 9.17) is 5.11 Å². The highest BCUT2D eigenvalue weighted by atomic mass is 16.6. The van der Waals surface area contributed by atoms with E-state index in [1.807, 2.05) is 12.1 Å². The minimum absolute atomic E-state index is 0.186. The molecule has 2 saturated heterocycles. The lowest BCUT2D eigenvalue weighted by Gasteiger charge is -2.37. The lowest BCUT2D eigenvalue weighted by atomic mass is 10.1. The fraction of sp³-hybridized carbons (Fsp3) is 0.647. The summed E-state index contributed by atoms with van der Waals surface area (Å²) >= 11 is 0. The summed E-state index contributed by atoms with van der Waals surface area (Å²) < 4.78 is 0. The quantitative estimate of drug-likeness (QED) is 0.611. The molecular formula is C17H27N5O3. The fourth-order valence-electron chi connectivity index (χ4n) is 3.53. The molecule has 0 bridgehead atoms. The zero-order valence-electron chi connectivity index (χ0n) is 14.8. The molecule has 1 aromatic rings. The van der Waals surface area contributed by atoms with Crippen LogP contribution in [0.15, 0.2) is 18.2 Å². The van der Waals surface area contributed by atoms with Crippen molar-refractivity contribution in [3.05, 3.63) is 28.3 Å². The molecule has 2 heterocycles. The number of nitro benzene ring substituents is 1. The van der Waals surface area contributed by atoms with Crippen LogP contribution in [0.1, 0.15) is 0 Å². The van der Waals surface area contributed by atoms with E-state index in [0.717, 1.165) is 63.7 Å². The third-order valence-electron chi connectivity index (χ3n) is 5.15. The molecule has 0 spiro atoms. The van der Waals surface area contributed by atoms with Gasteiger partial charge in [-0.05, 0) is 19.2 Å². The Morgan fingerprint density at radius 1 is 1.04 bits per heavy atom. The number of hydrogen-bond donors (Lipinski definition) is 1. The van der Waals surface area contributed by atoms with E-state index in [-0.39, 0.29) is 17.2 Å². The Morgan fingerprint density at radius 2 is 1.68 bits per heavy atom. The first kappa shape index (κ1) is 17.9. The fourth-order valence-corrected chi connectivity index (χ4v) is 3.53. The Kier molecular flexibility index (Phi) is 5.72. The number of rotatable bonds is 5. The first-order valence-electron chi connectivity index (χ1n) is 8.88. The molecule has 1 aromatic carbocycles. The van der Waals surface area contributed by atoms with Crippen LogP contribution in [0.5, 0.6) is 0 Å². The molecule has 138 valence electrons. The summed E-state index contributed by atoms with van der Waals surface area (Å²) in [5.41, 5.74) is 1.96. The van der Waals surface area contributed by atoms with Crippen molar-refractivity contribution in [3.63, 3.8) is 0 Å². The maximum atomic E-state index is 11.5. The number of hydrogen-bond acceptors (Lipinski definition) is 7. The smallest absolute Gasteiger partial charge is 0.292 e. The van der Waals surface area contributed by atoms with Gasteiger partial charge in [0, 0.05) is 70.7 Å². The molecule has 3 rings (SSSR count).